The van der Waals surface area contributed by atoms with Crippen molar-refractivity contribution in [2.24, 2.45) is 0 Å². The Morgan fingerprint density at radius 3 is 2.53 bits per heavy atom. The Labute approximate surface area is 110 Å². The molecule has 0 aliphatic rings. The summed E-state index contributed by atoms with van der Waals surface area (Å²) < 4.78 is 5.14. The lowest BCUT2D eigenvalue weighted by Gasteiger charge is -2.05. The van der Waals surface area contributed by atoms with Crippen LogP contribution in [0.5, 0.6) is 5.75 Å². The number of aromatic nitrogens is 2. The standard InChI is InChI=1S/C15H13N3O/c1-19-12-5-2-10(3-6-12)13-7-4-11-8-9-17-15(16)14(11)18-13/h2-9H,1H3,(H2,16,17). The first-order valence-electron chi connectivity index (χ1n) is 5.93. The van der Waals surface area contributed by atoms with E-state index in [9.17, 15) is 0 Å². The molecule has 0 amide bonds. The first-order chi connectivity index (χ1) is 9.28. The van der Waals surface area contributed by atoms with Crippen molar-refractivity contribution < 1.29 is 4.74 Å². The molecule has 1 aromatic carbocycles. The number of hydrogen-bond donors (Lipinski definition) is 1. The van der Waals surface area contributed by atoms with Gasteiger partial charge in [0, 0.05) is 17.1 Å². The maximum Gasteiger partial charge on any atom is 0.149 e. The Bertz CT molecular complexity index is 723. The highest BCUT2D eigenvalue weighted by molar-refractivity contribution is 5.88. The fourth-order valence-electron chi connectivity index (χ4n) is 1.99. The number of ether oxygens (including phenoxy) is 1. The van der Waals surface area contributed by atoms with Crippen LogP contribution in [-0.4, -0.2) is 17.1 Å². The number of nitrogens with two attached hydrogens (primary N) is 1. The van der Waals surface area contributed by atoms with Crippen molar-refractivity contribution in [3.63, 3.8) is 0 Å². The second-order valence-corrected chi connectivity index (χ2v) is 4.19. The molecule has 0 fully saturated rings. The molecule has 0 saturated heterocycles. The highest BCUT2D eigenvalue weighted by Gasteiger charge is 2.04. The Morgan fingerprint density at radius 2 is 1.79 bits per heavy atom. The number of fused-ring (bicyclic) bond motifs is 1. The molecule has 0 atom stereocenters. The zero-order valence-corrected chi connectivity index (χ0v) is 10.5. The predicted octanol–water partition coefficient (Wildman–Crippen LogP) is 2.89. The molecule has 0 unspecified atom stereocenters. The summed E-state index contributed by atoms with van der Waals surface area (Å²) in [6, 6.07) is 13.6. The third-order valence-electron chi connectivity index (χ3n) is 3.02. The van der Waals surface area contributed by atoms with E-state index in [1.165, 1.54) is 0 Å². The average Bonchev–Trinajstić information content (AvgIpc) is 2.47. The number of benzene rings is 1. The molecular formula is C15H13N3O. The molecule has 4 heteroatoms. The van der Waals surface area contributed by atoms with Gasteiger partial charge in [0.15, 0.2) is 0 Å². The van der Waals surface area contributed by atoms with E-state index >= 15 is 0 Å². The molecule has 19 heavy (non-hydrogen) atoms. The topological polar surface area (TPSA) is 61.0 Å². The minimum Gasteiger partial charge on any atom is -0.497 e. The van der Waals surface area contributed by atoms with Crippen LogP contribution in [0.1, 0.15) is 0 Å². The number of nitrogens with zero attached hydrogens (tertiary/aromatic N) is 2. The molecule has 2 N–H and O–H groups in total. The fraction of sp³-hybridized carbons (Fsp3) is 0.0667. The SMILES string of the molecule is COc1ccc(-c2ccc3ccnc(N)c3n2)cc1. The average molecular weight is 251 g/mol. The van der Waals surface area contributed by atoms with E-state index in [2.05, 4.69) is 9.97 Å². The van der Waals surface area contributed by atoms with Crippen LogP contribution < -0.4 is 10.5 Å². The third kappa shape index (κ3) is 2.08. The summed E-state index contributed by atoms with van der Waals surface area (Å²) in [6.07, 6.45) is 1.69. The van der Waals surface area contributed by atoms with Gasteiger partial charge in [0.1, 0.15) is 17.1 Å². The molecule has 3 aromatic rings. The second kappa shape index (κ2) is 4.57. The van der Waals surface area contributed by atoms with Gasteiger partial charge in [-0.25, -0.2) is 9.97 Å². The van der Waals surface area contributed by atoms with Gasteiger partial charge < -0.3 is 10.5 Å². The summed E-state index contributed by atoms with van der Waals surface area (Å²) >= 11 is 0. The summed E-state index contributed by atoms with van der Waals surface area (Å²) in [6.45, 7) is 0. The van der Waals surface area contributed by atoms with Gasteiger partial charge in [-0.1, -0.05) is 6.07 Å². The van der Waals surface area contributed by atoms with Gasteiger partial charge in [-0.05, 0) is 36.4 Å². The van der Waals surface area contributed by atoms with Crippen LogP contribution >= 0.6 is 0 Å². The lowest BCUT2D eigenvalue weighted by molar-refractivity contribution is 0.415. The van der Waals surface area contributed by atoms with Crippen LogP contribution in [0.4, 0.5) is 5.82 Å². The van der Waals surface area contributed by atoms with Gasteiger partial charge in [-0.15, -0.1) is 0 Å². The van der Waals surface area contributed by atoms with Gasteiger partial charge in [-0.3, -0.25) is 0 Å². The van der Waals surface area contributed by atoms with Gasteiger partial charge in [0.05, 0.1) is 12.8 Å². The number of anilines is 1. The van der Waals surface area contributed by atoms with Crippen molar-refractivity contribution in [1.29, 1.82) is 0 Å². The molecule has 4 nitrogen and oxygen atoms in total. The normalized spacial score (nSPS) is 10.6. The maximum atomic E-state index is 5.86. The molecule has 0 aliphatic heterocycles. The Morgan fingerprint density at radius 1 is 1.00 bits per heavy atom. The van der Waals surface area contributed by atoms with Crippen LogP contribution in [-0.2, 0) is 0 Å². The van der Waals surface area contributed by atoms with Crippen molar-refractivity contribution in [1.82, 2.24) is 9.97 Å². The molecule has 94 valence electrons. The molecule has 0 bridgehead atoms. The third-order valence-corrected chi connectivity index (χ3v) is 3.02. The van der Waals surface area contributed by atoms with Crippen LogP contribution in [0.3, 0.4) is 0 Å². The summed E-state index contributed by atoms with van der Waals surface area (Å²) in [7, 11) is 1.65. The van der Waals surface area contributed by atoms with Crippen molar-refractivity contribution in [3.8, 4) is 17.0 Å². The predicted molar refractivity (Wildman–Crippen MR) is 75.9 cm³/mol. The molecule has 0 saturated carbocycles. The lowest BCUT2D eigenvalue weighted by atomic mass is 10.1. The lowest BCUT2D eigenvalue weighted by Crippen LogP contribution is -1.94. The molecule has 3 rings (SSSR count). The highest BCUT2D eigenvalue weighted by atomic mass is 16.5. The summed E-state index contributed by atoms with van der Waals surface area (Å²) in [5, 5.41) is 0.991. The van der Waals surface area contributed by atoms with Crippen molar-refractivity contribution >= 4 is 16.7 Å². The van der Waals surface area contributed by atoms with Gasteiger partial charge in [0.25, 0.3) is 0 Å². The largest absolute Gasteiger partial charge is 0.497 e. The minimum absolute atomic E-state index is 0.452. The molecule has 2 aromatic heterocycles. The molecule has 0 aliphatic carbocycles. The van der Waals surface area contributed by atoms with Crippen molar-refractivity contribution in [2.45, 2.75) is 0 Å². The first kappa shape index (κ1) is 11.5. The van der Waals surface area contributed by atoms with E-state index in [4.69, 9.17) is 10.5 Å². The quantitative estimate of drug-likeness (QED) is 0.760. The van der Waals surface area contributed by atoms with E-state index in [-0.39, 0.29) is 0 Å². The Kier molecular flexibility index (Phi) is 2.76. The van der Waals surface area contributed by atoms with E-state index < -0.39 is 0 Å². The zero-order valence-electron chi connectivity index (χ0n) is 10.5. The van der Waals surface area contributed by atoms with Gasteiger partial charge in [-0.2, -0.15) is 0 Å². The Balaban J connectivity index is 2.11. The van der Waals surface area contributed by atoms with Crippen LogP contribution in [0.25, 0.3) is 22.2 Å². The number of methoxy groups -OCH3 is 1. The van der Waals surface area contributed by atoms with Crippen molar-refractivity contribution in [3.05, 3.63) is 48.7 Å². The van der Waals surface area contributed by atoms with E-state index in [1.54, 1.807) is 13.3 Å². The molecule has 0 radical (unpaired) electrons. The molecule has 0 spiro atoms. The van der Waals surface area contributed by atoms with E-state index in [0.29, 0.717) is 5.82 Å². The molecule has 2 heterocycles. The Hall–Kier alpha value is -2.62. The monoisotopic (exact) mass is 251 g/mol. The summed E-state index contributed by atoms with van der Waals surface area (Å²) in [4.78, 5) is 8.64. The zero-order chi connectivity index (χ0) is 13.2. The number of hydrogen-bond acceptors (Lipinski definition) is 4. The summed E-state index contributed by atoms with van der Waals surface area (Å²) in [5.41, 5.74) is 8.48. The fourth-order valence-corrected chi connectivity index (χ4v) is 1.99. The summed E-state index contributed by atoms with van der Waals surface area (Å²) in [5.74, 6) is 1.28. The smallest absolute Gasteiger partial charge is 0.149 e. The van der Waals surface area contributed by atoms with E-state index in [0.717, 1.165) is 27.9 Å². The minimum atomic E-state index is 0.452. The number of pyridine rings is 2. The molecular weight excluding hydrogens is 238 g/mol. The maximum absolute atomic E-state index is 5.86. The van der Waals surface area contributed by atoms with Crippen LogP contribution in [0.15, 0.2) is 48.7 Å². The highest BCUT2D eigenvalue weighted by Crippen LogP contribution is 2.24. The number of nitrogen functional groups attached to an aromatic ring is 1. The first-order valence-corrected chi connectivity index (χ1v) is 5.93. The van der Waals surface area contributed by atoms with Crippen molar-refractivity contribution in [2.75, 3.05) is 12.8 Å². The van der Waals surface area contributed by atoms with Gasteiger partial charge >= 0.3 is 0 Å². The second-order valence-electron chi connectivity index (χ2n) is 4.19. The van der Waals surface area contributed by atoms with E-state index in [1.807, 2.05) is 42.5 Å². The van der Waals surface area contributed by atoms with Gasteiger partial charge in [0.2, 0.25) is 0 Å². The number of rotatable bonds is 2. The van der Waals surface area contributed by atoms with Crippen LogP contribution in [0.2, 0.25) is 0 Å². The van der Waals surface area contributed by atoms with Crippen LogP contribution in [0, 0.1) is 0 Å².